The van der Waals surface area contributed by atoms with Crippen molar-refractivity contribution < 1.29 is 28.8 Å². The lowest BCUT2D eigenvalue weighted by Crippen LogP contribution is -2.53. The summed E-state index contributed by atoms with van der Waals surface area (Å²) in [5, 5.41) is 12.9. The average molecular weight is 730 g/mol. The number of aliphatic hydroxyl groups is 1. The van der Waals surface area contributed by atoms with E-state index in [0.29, 0.717) is 35.8 Å². The highest BCUT2D eigenvalue weighted by Gasteiger charge is 2.53. The predicted molar refractivity (Wildman–Crippen MR) is 188 cm³/mol. The summed E-state index contributed by atoms with van der Waals surface area (Å²) in [5.74, 6) is 1.61. The molecule has 0 spiro atoms. The molecule has 4 aromatic rings. The molecule has 1 heterocycles. The highest BCUT2D eigenvalue weighted by atomic mass is 79.9. The van der Waals surface area contributed by atoms with Crippen LogP contribution >= 0.6 is 15.9 Å². The van der Waals surface area contributed by atoms with Gasteiger partial charge in [0, 0.05) is 46.5 Å². The number of amides is 1. The Kier molecular flexibility index (Phi) is 12.1. The molecule has 0 saturated carbocycles. The van der Waals surface area contributed by atoms with Crippen LogP contribution in [0.2, 0.25) is 0 Å². The number of hydrogen-bond donors (Lipinski definition) is 3. The molecule has 0 aliphatic carbocycles. The smallest absolute Gasteiger partial charge is 0.266 e. The standard InChI is InChI=1S/C36H37BrN6O6/c1-46-31-10-5-9-28(32(31)47-2)23-39-42-35(45)36(21-26-7-3-4-8-27(26)22-40-43-38)33(24-11-15-29(37)16-12-24)49-34(41-36)25-13-17-30(18-14-25)48-20-6-19-44/h3-5,7-18,33,39,44H,6,19-23H2,1-2H3,(H,42,45)/t33-,36-/m0/s1. The first-order valence-electron chi connectivity index (χ1n) is 15.6. The first-order chi connectivity index (χ1) is 23.9. The lowest BCUT2D eigenvalue weighted by atomic mass is 9.81. The van der Waals surface area contributed by atoms with E-state index in [-0.39, 0.29) is 32.0 Å². The Labute approximate surface area is 292 Å². The molecular weight excluding hydrogens is 692 g/mol. The number of rotatable bonds is 16. The van der Waals surface area contributed by atoms with Crippen molar-refractivity contribution in [1.29, 1.82) is 0 Å². The molecule has 12 nitrogen and oxygen atoms in total. The average Bonchev–Trinajstić information content (AvgIpc) is 3.52. The second-order valence-corrected chi connectivity index (χ2v) is 12.1. The van der Waals surface area contributed by atoms with Gasteiger partial charge in [-0.1, -0.05) is 69.6 Å². The number of benzene rings is 4. The van der Waals surface area contributed by atoms with Crippen molar-refractivity contribution in [3.8, 4) is 17.2 Å². The number of ether oxygens (including phenoxy) is 4. The molecule has 0 bridgehead atoms. The number of halogens is 1. The molecule has 49 heavy (non-hydrogen) atoms. The fourth-order valence-electron chi connectivity index (χ4n) is 5.62. The molecule has 1 amide bonds. The van der Waals surface area contributed by atoms with E-state index in [4.69, 9.17) is 34.6 Å². The van der Waals surface area contributed by atoms with E-state index in [1.165, 1.54) is 0 Å². The Balaban J connectivity index is 1.56. The number of nitrogens with zero attached hydrogens (tertiary/aromatic N) is 4. The van der Waals surface area contributed by atoms with Gasteiger partial charge in [-0.15, -0.1) is 0 Å². The monoisotopic (exact) mass is 728 g/mol. The van der Waals surface area contributed by atoms with E-state index in [0.717, 1.165) is 26.7 Å². The number of aliphatic imine (C=N–C) groups is 1. The number of carbonyl (C=O) groups is 1. The van der Waals surface area contributed by atoms with Crippen molar-refractivity contribution in [2.45, 2.75) is 37.6 Å². The molecule has 13 heteroatoms. The SMILES string of the molecule is COc1cccc(CNNC(=O)[C@@]2(Cc3ccccc3CN=[N+]=[N-])N=C(c3ccc(OCCCO)cc3)O[C@H]2c2ccc(Br)cc2)c1OC. The summed E-state index contributed by atoms with van der Waals surface area (Å²) >= 11 is 3.51. The van der Waals surface area contributed by atoms with Crippen LogP contribution in [0, 0.1) is 0 Å². The lowest BCUT2D eigenvalue weighted by molar-refractivity contribution is -0.130. The van der Waals surface area contributed by atoms with Crippen molar-refractivity contribution >= 4 is 27.7 Å². The number of azide groups is 1. The van der Waals surface area contributed by atoms with Crippen LogP contribution in [-0.2, 0) is 29.0 Å². The van der Waals surface area contributed by atoms with Crippen molar-refractivity contribution in [3.05, 3.63) is 134 Å². The predicted octanol–water partition coefficient (Wildman–Crippen LogP) is 6.36. The number of aliphatic hydroxyl groups excluding tert-OH is 1. The third kappa shape index (κ3) is 8.33. The maximum atomic E-state index is 14.6. The van der Waals surface area contributed by atoms with Gasteiger partial charge in [0.05, 0.1) is 27.4 Å². The normalized spacial score (nSPS) is 16.6. The topological polar surface area (TPSA) is 159 Å². The minimum Gasteiger partial charge on any atom is -0.494 e. The highest BCUT2D eigenvalue weighted by molar-refractivity contribution is 9.10. The molecule has 2 atom stereocenters. The third-order valence-electron chi connectivity index (χ3n) is 8.05. The molecule has 0 saturated heterocycles. The number of carbonyl (C=O) groups excluding carboxylic acids is 1. The van der Waals surface area contributed by atoms with E-state index in [1.807, 2.05) is 72.8 Å². The quantitative estimate of drug-likeness (QED) is 0.0398. The minimum absolute atomic E-state index is 0.0399. The second kappa shape index (κ2) is 16.8. The van der Waals surface area contributed by atoms with Crippen molar-refractivity contribution in [2.75, 3.05) is 27.4 Å². The largest absolute Gasteiger partial charge is 0.494 e. The Hall–Kier alpha value is -5.07. The molecule has 0 unspecified atom stereocenters. The van der Waals surface area contributed by atoms with Crippen LogP contribution in [0.3, 0.4) is 0 Å². The summed E-state index contributed by atoms with van der Waals surface area (Å²) in [7, 11) is 3.13. The van der Waals surface area contributed by atoms with Crippen LogP contribution in [0.25, 0.3) is 10.4 Å². The van der Waals surface area contributed by atoms with E-state index >= 15 is 0 Å². The Morgan fingerprint density at radius 3 is 2.43 bits per heavy atom. The molecule has 4 aromatic carbocycles. The third-order valence-corrected chi connectivity index (χ3v) is 8.58. The summed E-state index contributed by atoms with van der Waals surface area (Å²) in [6, 6.07) is 27.8. The molecule has 0 radical (unpaired) electrons. The van der Waals surface area contributed by atoms with Crippen LogP contribution in [-0.4, -0.2) is 49.9 Å². The molecular formula is C36H37BrN6O6. The number of nitrogens with one attached hydrogen (secondary N) is 2. The Bertz CT molecular complexity index is 1810. The zero-order valence-electron chi connectivity index (χ0n) is 27.1. The zero-order chi connectivity index (χ0) is 34.6. The zero-order valence-corrected chi connectivity index (χ0v) is 28.7. The van der Waals surface area contributed by atoms with Gasteiger partial charge in [0.25, 0.3) is 5.91 Å². The van der Waals surface area contributed by atoms with E-state index in [2.05, 4.69) is 36.8 Å². The molecule has 254 valence electrons. The van der Waals surface area contributed by atoms with Gasteiger partial charge in [0.1, 0.15) is 5.75 Å². The van der Waals surface area contributed by atoms with E-state index in [9.17, 15) is 4.79 Å². The lowest BCUT2D eigenvalue weighted by Gasteiger charge is -2.31. The van der Waals surface area contributed by atoms with Gasteiger partial charge in [0.2, 0.25) is 5.90 Å². The number of hydrogen-bond acceptors (Lipinski definition) is 9. The number of para-hydroxylation sites is 1. The maximum Gasteiger partial charge on any atom is 0.266 e. The molecule has 0 fully saturated rings. The fraction of sp³-hybridized carbons (Fsp3) is 0.278. The van der Waals surface area contributed by atoms with Crippen molar-refractivity contribution in [1.82, 2.24) is 10.9 Å². The maximum absolute atomic E-state index is 14.6. The van der Waals surface area contributed by atoms with Gasteiger partial charge >= 0.3 is 0 Å². The van der Waals surface area contributed by atoms with Crippen molar-refractivity contribution in [3.63, 3.8) is 0 Å². The Morgan fingerprint density at radius 2 is 1.73 bits per heavy atom. The van der Waals surface area contributed by atoms with E-state index < -0.39 is 17.6 Å². The first-order valence-corrected chi connectivity index (χ1v) is 16.4. The van der Waals surface area contributed by atoms with Gasteiger partial charge < -0.3 is 24.1 Å². The summed E-state index contributed by atoms with van der Waals surface area (Å²) in [6.07, 6.45) is -0.187. The number of methoxy groups -OCH3 is 2. The molecule has 1 aliphatic heterocycles. The summed E-state index contributed by atoms with van der Waals surface area (Å²) in [6.45, 7) is 0.758. The van der Waals surface area contributed by atoms with Gasteiger partial charge in [-0.25, -0.2) is 10.4 Å². The highest BCUT2D eigenvalue weighted by Crippen LogP contribution is 2.43. The Morgan fingerprint density at radius 1 is 1.00 bits per heavy atom. The van der Waals surface area contributed by atoms with Gasteiger partial charge in [-0.05, 0) is 64.7 Å². The summed E-state index contributed by atoms with van der Waals surface area (Å²) in [5.41, 5.74) is 17.2. The first kappa shape index (κ1) is 35.2. The number of hydrazine groups is 1. The van der Waals surface area contributed by atoms with Crippen LogP contribution in [0.1, 0.15) is 40.3 Å². The molecule has 1 aliphatic rings. The van der Waals surface area contributed by atoms with Crippen LogP contribution < -0.4 is 25.1 Å². The fourth-order valence-corrected chi connectivity index (χ4v) is 5.89. The second-order valence-electron chi connectivity index (χ2n) is 11.1. The summed E-state index contributed by atoms with van der Waals surface area (Å²) in [4.78, 5) is 22.7. The van der Waals surface area contributed by atoms with Crippen LogP contribution in [0.15, 0.2) is 106 Å². The van der Waals surface area contributed by atoms with Crippen molar-refractivity contribution in [2.24, 2.45) is 10.1 Å². The molecule has 0 aromatic heterocycles. The van der Waals surface area contributed by atoms with Crippen LogP contribution in [0.5, 0.6) is 17.2 Å². The van der Waals surface area contributed by atoms with Gasteiger partial charge in [-0.3, -0.25) is 10.2 Å². The van der Waals surface area contributed by atoms with Gasteiger partial charge in [-0.2, -0.15) is 0 Å². The van der Waals surface area contributed by atoms with Crippen LogP contribution in [0.4, 0.5) is 0 Å². The minimum atomic E-state index is -1.50. The molecule has 3 N–H and O–H groups in total. The molecule has 5 rings (SSSR count). The summed E-state index contributed by atoms with van der Waals surface area (Å²) < 4.78 is 24.2. The van der Waals surface area contributed by atoms with Gasteiger partial charge in [0.15, 0.2) is 23.1 Å². The van der Waals surface area contributed by atoms with E-state index in [1.54, 1.807) is 32.4 Å².